The van der Waals surface area contributed by atoms with Crippen LogP contribution in [-0.2, 0) is 56.5 Å². The molecular formula is C24H32N2O10. The summed E-state index contributed by atoms with van der Waals surface area (Å²) in [6, 6.07) is 0. The van der Waals surface area contributed by atoms with Crippen LogP contribution in [0.15, 0.2) is 56.7 Å². The van der Waals surface area contributed by atoms with E-state index in [4.69, 9.17) is 18.9 Å². The largest absolute Gasteiger partial charge is 0.550 e. The molecule has 0 aromatic carbocycles. The molecule has 0 saturated carbocycles. The van der Waals surface area contributed by atoms with Crippen LogP contribution in [0.1, 0.15) is 19.8 Å². The van der Waals surface area contributed by atoms with Gasteiger partial charge >= 0.3 is 23.9 Å². The predicted molar refractivity (Wildman–Crippen MR) is 122 cm³/mol. The second-order valence-electron chi connectivity index (χ2n) is 7.38. The Morgan fingerprint density at radius 1 is 0.861 bits per heavy atom. The van der Waals surface area contributed by atoms with Crippen molar-refractivity contribution in [3.05, 3.63) is 56.7 Å². The Morgan fingerprint density at radius 3 is 1.61 bits per heavy atom. The number of carbonyl (C=O) groups excluding carboxylic acids is 5. The molecule has 0 aliphatic carbocycles. The van der Waals surface area contributed by atoms with Crippen LogP contribution in [0.3, 0.4) is 0 Å². The van der Waals surface area contributed by atoms with E-state index in [0.29, 0.717) is 0 Å². The number of carboxylic acids is 1. The molecule has 0 aliphatic heterocycles. The van der Waals surface area contributed by atoms with E-state index in [2.05, 4.69) is 43.8 Å². The summed E-state index contributed by atoms with van der Waals surface area (Å²) in [6.07, 6.45) is 7.74. The number of hydrogen-bond acceptors (Lipinski definition) is 10. The Balaban J connectivity index is 0.00000128. The number of rotatable bonds is 15. The zero-order valence-electron chi connectivity index (χ0n) is 20.5. The van der Waals surface area contributed by atoms with Crippen molar-refractivity contribution in [1.29, 1.82) is 0 Å². The van der Waals surface area contributed by atoms with E-state index in [1.54, 1.807) is 0 Å². The highest BCUT2D eigenvalue weighted by Crippen LogP contribution is 2.22. The van der Waals surface area contributed by atoms with Gasteiger partial charge in [0, 0.05) is 24.2 Å². The Bertz CT molecular complexity index is 875. The van der Waals surface area contributed by atoms with Crippen molar-refractivity contribution < 1.29 is 52.6 Å². The average molecular weight is 509 g/mol. The third kappa shape index (κ3) is 14.1. The van der Waals surface area contributed by atoms with Crippen LogP contribution < -0.4 is 9.67 Å². The van der Waals surface area contributed by atoms with Gasteiger partial charge in [0.15, 0.2) is 0 Å². The smallest absolute Gasteiger partial charge is 0.330 e. The van der Waals surface area contributed by atoms with Crippen LogP contribution in [0, 0.1) is 5.41 Å². The van der Waals surface area contributed by atoms with Crippen LogP contribution in [0.2, 0.25) is 0 Å². The van der Waals surface area contributed by atoms with Gasteiger partial charge < -0.3 is 28.8 Å². The minimum absolute atomic E-state index is 0.469. The Labute approximate surface area is 209 Å². The summed E-state index contributed by atoms with van der Waals surface area (Å²) in [5, 5.41) is 10.4. The quantitative estimate of drug-likeness (QED) is 0.132. The first-order valence-corrected chi connectivity index (χ1v) is 10.7. The van der Waals surface area contributed by atoms with E-state index in [9.17, 15) is 29.1 Å². The van der Waals surface area contributed by atoms with Gasteiger partial charge in [-0.1, -0.05) is 19.7 Å². The maximum atomic E-state index is 11.7. The first-order chi connectivity index (χ1) is 17.0. The summed E-state index contributed by atoms with van der Waals surface area (Å²) in [6.45, 7) is 10.9. The SMILES string of the molecule is C=CC(=O)OCC(COC(=O)C=C)(COC(=O)C=C)COC(=O)CCC(=O)[O-].CCn1cc[n+](C)c1. The molecule has 0 radical (unpaired) electrons. The third-order valence-corrected chi connectivity index (χ3v) is 4.32. The molecule has 0 N–H and O–H groups in total. The first kappa shape index (κ1) is 31.8. The number of hydrogen-bond donors (Lipinski definition) is 0. The Hall–Kier alpha value is -4.22. The predicted octanol–water partition coefficient (Wildman–Crippen LogP) is -0.434. The topological polar surface area (TPSA) is 154 Å². The van der Waals surface area contributed by atoms with Gasteiger partial charge in [-0.3, -0.25) is 4.79 Å². The zero-order chi connectivity index (χ0) is 27.6. The van der Waals surface area contributed by atoms with E-state index < -0.39 is 74.5 Å². The van der Waals surface area contributed by atoms with Gasteiger partial charge in [-0.15, -0.1) is 0 Å². The van der Waals surface area contributed by atoms with E-state index in [-0.39, 0.29) is 0 Å². The first-order valence-electron chi connectivity index (χ1n) is 10.7. The molecule has 0 bridgehead atoms. The second kappa shape index (κ2) is 17.2. The number of aromatic nitrogens is 2. The van der Waals surface area contributed by atoms with Crippen LogP contribution in [0.25, 0.3) is 0 Å². The molecule has 0 atom stereocenters. The van der Waals surface area contributed by atoms with Gasteiger partial charge in [-0.2, -0.15) is 0 Å². The lowest BCUT2D eigenvalue weighted by molar-refractivity contribution is -0.671. The van der Waals surface area contributed by atoms with Gasteiger partial charge in [0.25, 0.3) is 0 Å². The lowest BCUT2D eigenvalue weighted by Crippen LogP contribution is -2.43. The number of aryl methyl sites for hydroxylation is 2. The van der Waals surface area contributed by atoms with Gasteiger partial charge in [-0.05, 0) is 13.3 Å². The minimum Gasteiger partial charge on any atom is -0.550 e. The number of nitrogens with zero attached hydrogens (tertiary/aromatic N) is 2. The van der Waals surface area contributed by atoms with Gasteiger partial charge in [0.2, 0.25) is 6.33 Å². The van der Waals surface area contributed by atoms with Crippen LogP contribution in [-0.4, -0.2) is 60.8 Å². The number of carboxylic acid groups (broad SMARTS) is 1. The van der Waals surface area contributed by atoms with E-state index >= 15 is 0 Å². The summed E-state index contributed by atoms with van der Waals surface area (Å²) in [7, 11) is 2.02. The number of imidazole rings is 1. The number of aliphatic carboxylic acids is 1. The molecule has 1 heterocycles. The molecule has 0 saturated heterocycles. The molecule has 12 nitrogen and oxygen atoms in total. The standard InChI is InChI=1S/C18H22O10.C6H11N2/c1-4-14(21)25-9-18(10-26-15(22)5-2,11-27-16(23)6-3)12-28-17(24)8-7-13(19)20;1-3-8-5-4-7(2)6-8/h4-6H,1-3,7-12H2,(H,19,20);4-6H,3H2,1-2H3/q;+1/p-1. The van der Waals surface area contributed by atoms with Crippen molar-refractivity contribution in [1.82, 2.24) is 4.57 Å². The molecule has 198 valence electrons. The molecule has 0 unspecified atom stereocenters. The van der Waals surface area contributed by atoms with Crippen molar-refractivity contribution in [3.8, 4) is 0 Å². The van der Waals surface area contributed by atoms with Gasteiger partial charge in [-0.25, -0.2) is 23.5 Å². The van der Waals surface area contributed by atoms with E-state index in [0.717, 1.165) is 24.8 Å². The molecule has 0 spiro atoms. The van der Waals surface area contributed by atoms with E-state index in [1.807, 2.05) is 17.8 Å². The highest BCUT2D eigenvalue weighted by atomic mass is 16.6. The highest BCUT2D eigenvalue weighted by Gasteiger charge is 2.37. The van der Waals surface area contributed by atoms with Gasteiger partial charge in [0.05, 0.1) is 20.0 Å². The fourth-order valence-electron chi connectivity index (χ4n) is 2.30. The fraction of sp³-hybridized carbons (Fsp3) is 0.417. The molecule has 1 aromatic heterocycles. The summed E-state index contributed by atoms with van der Waals surface area (Å²) < 4.78 is 23.9. The Kier molecular flexibility index (Phi) is 15.2. The summed E-state index contributed by atoms with van der Waals surface area (Å²) in [5.41, 5.74) is -1.47. The van der Waals surface area contributed by atoms with Crippen molar-refractivity contribution in [2.24, 2.45) is 12.5 Å². The van der Waals surface area contributed by atoms with Crippen LogP contribution in [0.5, 0.6) is 0 Å². The lowest BCUT2D eigenvalue weighted by atomic mass is 9.92. The van der Waals surface area contributed by atoms with Gasteiger partial charge in [0.1, 0.15) is 44.2 Å². The lowest BCUT2D eigenvalue weighted by Gasteiger charge is -2.31. The normalized spacial score (nSPS) is 10.1. The highest BCUT2D eigenvalue weighted by molar-refractivity contribution is 5.82. The summed E-state index contributed by atoms with van der Waals surface area (Å²) in [4.78, 5) is 56.3. The van der Waals surface area contributed by atoms with Crippen LogP contribution in [0.4, 0.5) is 0 Å². The maximum absolute atomic E-state index is 11.7. The number of ether oxygens (including phenoxy) is 4. The molecule has 0 amide bonds. The van der Waals surface area contributed by atoms with Crippen molar-refractivity contribution in [2.75, 3.05) is 26.4 Å². The monoisotopic (exact) mass is 508 g/mol. The molecule has 0 fully saturated rings. The number of esters is 4. The zero-order valence-corrected chi connectivity index (χ0v) is 20.5. The van der Waals surface area contributed by atoms with Crippen LogP contribution >= 0.6 is 0 Å². The maximum Gasteiger partial charge on any atom is 0.330 e. The fourth-order valence-corrected chi connectivity index (χ4v) is 2.30. The minimum atomic E-state index is -1.47. The molecular weight excluding hydrogens is 476 g/mol. The third-order valence-electron chi connectivity index (χ3n) is 4.32. The molecule has 1 rings (SSSR count). The molecule has 1 aromatic rings. The van der Waals surface area contributed by atoms with E-state index in [1.165, 1.54) is 0 Å². The molecule has 12 heteroatoms. The molecule has 36 heavy (non-hydrogen) atoms. The second-order valence-corrected chi connectivity index (χ2v) is 7.38. The number of carbonyl (C=O) groups is 5. The van der Waals surface area contributed by atoms with Crippen molar-refractivity contribution in [2.45, 2.75) is 26.3 Å². The molecule has 0 aliphatic rings. The van der Waals surface area contributed by atoms with Crippen molar-refractivity contribution >= 4 is 29.8 Å². The Morgan fingerprint density at radius 2 is 1.31 bits per heavy atom. The average Bonchev–Trinajstić information content (AvgIpc) is 3.31. The summed E-state index contributed by atoms with van der Waals surface area (Å²) >= 11 is 0. The summed E-state index contributed by atoms with van der Waals surface area (Å²) in [5.74, 6) is -4.80. The van der Waals surface area contributed by atoms with Crippen molar-refractivity contribution in [3.63, 3.8) is 0 Å².